The number of aromatic nitrogens is 1. The van der Waals surface area contributed by atoms with Crippen molar-refractivity contribution in [2.45, 2.75) is 18.6 Å². The van der Waals surface area contributed by atoms with Crippen molar-refractivity contribution in [3.05, 3.63) is 29.6 Å². The van der Waals surface area contributed by atoms with E-state index in [4.69, 9.17) is 4.74 Å². The topological polar surface area (TPSA) is 76.6 Å². The smallest absolute Gasteiger partial charge is 0.223 e. The molecule has 22 heavy (non-hydrogen) atoms. The lowest BCUT2D eigenvalue weighted by molar-refractivity contribution is -0.128. The summed E-state index contributed by atoms with van der Waals surface area (Å²) in [5.74, 6) is 0.431. The van der Waals surface area contributed by atoms with Crippen LogP contribution in [-0.4, -0.2) is 57.3 Å². The van der Waals surface area contributed by atoms with Gasteiger partial charge in [-0.15, -0.1) is 0 Å². The summed E-state index contributed by atoms with van der Waals surface area (Å²) in [5, 5.41) is 0. The molecule has 1 amide bonds. The number of carbonyl (C=O) groups is 1. The minimum absolute atomic E-state index is 0.00693. The third kappa shape index (κ3) is 5.06. The summed E-state index contributed by atoms with van der Waals surface area (Å²) in [4.78, 5) is 18.0. The highest BCUT2D eigenvalue weighted by Crippen LogP contribution is 2.21. The van der Waals surface area contributed by atoms with Gasteiger partial charge in [0, 0.05) is 44.8 Å². The van der Waals surface area contributed by atoms with Gasteiger partial charge in [0.05, 0.1) is 12.4 Å². The Bertz CT molecular complexity index is 613. The average molecular weight is 326 g/mol. The molecule has 1 fully saturated rings. The molecule has 1 saturated heterocycles. The molecule has 1 aliphatic rings. The van der Waals surface area contributed by atoms with Crippen molar-refractivity contribution in [1.29, 1.82) is 0 Å². The first kappa shape index (κ1) is 16.9. The average Bonchev–Trinajstić information content (AvgIpc) is 2.77. The van der Waals surface area contributed by atoms with E-state index in [1.807, 2.05) is 11.0 Å². The summed E-state index contributed by atoms with van der Waals surface area (Å²) in [5.41, 5.74) is 1.58. The molecule has 0 spiro atoms. The first-order valence-corrected chi connectivity index (χ1v) is 9.31. The molecule has 0 radical (unpaired) electrons. The number of hydrogen-bond donors (Lipinski definition) is 0. The van der Waals surface area contributed by atoms with Gasteiger partial charge in [-0.25, -0.2) is 8.42 Å². The van der Waals surface area contributed by atoms with Crippen LogP contribution in [-0.2, 0) is 31.5 Å². The van der Waals surface area contributed by atoms with Gasteiger partial charge in [-0.2, -0.15) is 0 Å². The monoisotopic (exact) mass is 326 g/mol. The summed E-state index contributed by atoms with van der Waals surface area (Å²) in [6.45, 7) is 1.92. The third-order valence-corrected chi connectivity index (χ3v) is 4.53. The van der Waals surface area contributed by atoms with Gasteiger partial charge in [-0.3, -0.25) is 9.78 Å². The number of hydrogen-bond acceptors (Lipinski definition) is 5. The van der Waals surface area contributed by atoms with Crippen molar-refractivity contribution >= 4 is 15.7 Å². The highest BCUT2D eigenvalue weighted by atomic mass is 32.2. The number of carbonyl (C=O) groups excluding carboxylic acids is 1. The molecule has 0 aromatic carbocycles. The number of likely N-dealkylation sites (tertiary alicyclic amines) is 1. The zero-order valence-electron chi connectivity index (χ0n) is 13.0. The molecule has 0 N–H and O–H groups in total. The van der Waals surface area contributed by atoms with E-state index < -0.39 is 9.84 Å². The second-order valence-corrected chi connectivity index (χ2v) is 7.97. The Hall–Kier alpha value is -1.47. The van der Waals surface area contributed by atoms with Crippen molar-refractivity contribution in [3.63, 3.8) is 0 Å². The van der Waals surface area contributed by atoms with Gasteiger partial charge >= 0.3 is 0 Å². The van der Waals surface area contributed by atoms with Gasteiger partial charge in [0.2, 0.25) is 5.91 Å². The second-order valence-electron chi connectivity index (χ2n) is 5.83. The molecule has 0 aliphatic carbocycles. The fraction of sp³-hybridized carbons (Fsp3) is 0.600. The first-order valence-electron chi connectivity index (χ1n) is 7.25. The fourth-order valence-corrected chi connectivity index (χ4v) is 3.44. The molecule has 6 nitrogen and oxygen atoms in total. The lowest BCUT2D eigenvalue weighted by atomic mass is 10.0. The maximum atomic E-state index is 11.9. The van der Waals surface area contributed by atoms with Crippen LogP contribution in [0.4, 0.5) is 0 Å². The van der Waals surface area contributed by atoms with Crippen LogP contribution < -0.4 is 0 Å². The van der Waals surface area contributed by atoms with Crippen molar-refractivity contribution < 1.29 is 17.9 Å². The second kappa shape index (κ2) is 7.19. The van der Waals surface area contributed by atoms with Crippen molar-refractivity contribution in [2.75, 3.05) is 33.1 Å². The Morgan fingerprint density at radius 3 is 2.77 bits per heavy atom. The van der Waals surface area contributed by atoms with Crippen LogP contribution in [0.5, 0.6) is 0 Å². The van der Waals surface area contributed by atoms with E-state index in [0.717, 1.165) is 18.7 Å². The largest absolute Gasteiger partial charge is 0.383 e. The van der Waals surface area contributed by atoms with Crippen LogP contribution in [0.2, 0.25) is 0 Å². The molecular formula is C15H22N2O4S. The van der Waals surface area contributed by atoms with Crippen LogP contribution in [0.3, 0.4) is 0 Å². The van der Waals surface area contributed by atoms with Crippen molar-refractivity contribution in [3.8, 4) is 0 Å². The first-order chi connectivity index (χ1) is 10.4. The minimum atomic E-state index is -3.04. The van der Waals surface area contributed by atoms with Crippen LogP contribution in [0.25, 0.3) is 0 Å². The number of rotatable bonds is 7. The highest BCUT2D eigenvalue weighted by molar-refractivity contribution is 7.89. The van der Waals surface area contributed by atoms with E-state index >= 15 is 0 Å². The molecule has 7 heteroatoms. The van der Waals surface area contributed by atoms with Gasteiger partial charge in [0.15, 0.2) is 9.84 Å². The normalized spacial score (nSPS) is 18.9. The van der Waals surface area contributed by atoms with Gasteiger partial charge in [-0.1, -0.05) is 6.07 Å². The van der Waals surface area contributed by atoms with Crippen LogP contribution in [0.1, 0.15) is 17.7 Å². The Labute approximate surface area is 131 Å². The maximum absolute atomic E-state index is 11.9. The molecule has 1 unspecified atom stereocenters. The summed E-state index contributed by atoms with van der Waals surface area (Å²) >= 11 is 0. The summed E-state index contributed by atoms with van der Waals surface area (Å²) in [6, 6.07) is 3.64. The number of ether oxygens (including phenoxy) is 1. The quantitative estimate of drug-likeness (QED) is 0.736. The molecular weight excluding hydrogens is 304 g/mol. The standard InChI is InChI=1S/C15H22N2O4S/c1-21-6-5-17-10-13(8-15(17)18)7-14-4-3-12(9-16-14)11-22(2,19)20/h3-4,9,13H,5-8,10-11H2,1-2H3. The lowest BCUT2D eigenvalue weighted by Crippen LogP contribution is -2.28. The number of methoxy groups -OCH3 is 1. The van der Waals surface area contributed by atoms with Crippen molar-refractivity contribution in [1.82, 2.24) is 9.88 Å². The predicted molar refractivity (Wildman–Crippen MR) is 83.1 cm³/mol. The molecule has 1 aromatic rings. The Balaban J connectivity index is 1.90. The molecule has 1 atom stereocenters. The number of amides is 1. The van der Waals surface area contributed by atoms with Gasteiger partial charge in [-0.05, 0) is 24.0 Å². The molecule has 0 saturated carbocycles. The predicted octanol–water partition coefficient (Wildman–Crippen LogP) is 0.664. The number of pyridine rings is 1. The van der Waals surface area contributed by atoms with Gasteiger partial charge in [0.1, 0.15) is 0 Å². The molecule has 2 heterocycles. The molecule has 0 bridgehead atoms. The van der Waals surface area contributed by atoms with Crippen molar-refractivity contribution in [2.24, 2.45) is 5.92 Å². The zero-order valence-corrected chi connectivity index (χ0v) is 13.8. The minimum Gasteiger partial charge on any atom is -0.383 e. The van der Waals surface area contributed by atoms with E-state index in [9.17, 15) is 13.2 Å². The van der Waals surface area contributed by atoms with E-state index in [1.54, 1.807) is 19.4 Å². The Morgan fingerprint density at radius 1 is 1.41 bits per heavy atom. The SMILES string of the molecule is COCCN1CC(Cc2ccc(CS(C)(=O)=O)cn2)CC1=O. The van der Waals surface area contributed by atoms with E-state index in [1.165, 1.54) is 6.26 Å². The highest BCUT2D eigenvalue weighted by Gasteiger charge is 2.29. The van der Waals surface area contributed by atoms with Crippen LogP contribution >= 0.6 is 0 Å². The summed E-state index contributed by atoms with van der Waals surface area (Å²) < 4.78 is 27.5. The molecule has 2 rings (SSSR count). The zero-order chi connectivity index (χ0) is 16.2. The Morgan fingerprint density at radius 2 is 2.18 bits per heavy atom. The van der Waals surface area contributed by atoms with E-state index in [-0.39, 0.29) is 17.6 Å². The van der Waals surface area contributed by atoms with E-state index in [0.29, 0.717) is 25.1 Å². The van der Waals surface area contributed by atoms with Gasteiger partial charge < -0.3 is 9.64 Å². The third-order valence-electron chi connectivity index (χ3n) is 3.67. The molecule has 1 aliphatic heterocycles. The van der Waals surface area contributed by atoms with Crippen LogP contribution in [0.15, 0.2) is 18.3 Å². The maximum Gasteiger partial charge on any atom is 0.223 e. The summed E-state index contributed by atoms with van der Waals surface area (Å²) in [6.07, 6.45) is 4.08. The number of nitrogens with zero attached hydrogens (tertiary/aromatic N) is 2. The van der Waals surface area contributed by atoms with Gasteiger partial charge in [0.25, 0.3) is 0 Å². The lowest BCUT2D eigenvalue weighted by Gasteiger charge is -2.15. The van der Waals surface area contributed by atoms with E-state index in [2.05, 4.69) is 4.98 Å². The molecule has 1 aromatic heterocycles. The number of sulfone groups is 1. The fourth-order valence-electron chi connectivity index (χ4n) is 2.67. The Kier molecular flexibility index (Phi) is 5.52. The van der Waals surface area contributed by atoms with Crippen LogP contribution in [0, 0.1) is 5.92 Å². The molecule has 122 valence electrons. The summed E-state index contributed by atoms with van der Waals surface area (Å²) in [7, 11) is -1.41.